The van der Waals surface area contributed by atoms with E-state index in [0.29, 0.717) is 25.9 Å². The summed E-state index contributed by atoms with van der Waals surface area (Å²) in [7, 11) is 0. The van der Waals surface area contributed by atoms with Crippen LogP contribution in [-0.4, -0.2) is 37.6 Å². The predicted octanol–water partition coefficient (Wildman–Crippen LogP) is 5.59. The number of ether oxygens (including phenoxy) is 2. The number of amides is 2. The highest BCUT2D eigenvalue weighted by Crippen LogP contribution is 2.23. The average Bonchev–Trinajstić information content (AvgIpc) is 2.76. The van der Waals surface area contributed by atoms with Crippen LogP contribution in [0.4, 0.5) is 26.3 Å². The molecular weight excluding hydrogens is 482 g/mol. The van der Waals surface area contributed by atoms with Crippen molar-refractivity contribution in [1.29, 1.82) is 0 Å². The van der Waals surface area contributed by atoms with Gasteiger partial charge in [-0.1, -0.05) is 19.3 Å². The summed E-state index contributed by atoms with van der Waals surface area (Å²) in [6.45, 7) is 0.814. The molecule has 0 spiro atoms. The van der Waals surface area contributed by atoms with Crippen LogP contribution in [0.2, 0.25) is 0 Å². The fourth-order valence-electron chi connectivity index (χ4n) is 3.00. The summed E-state index contributed by atoms with van der Waals surface area (Å²) in [6, 6.07) is 9.25. The van der Waals surface area contributed by atoms with Gasteiger partial charge in [-0.15, -0.1) is 26.3 Å². The SMILES string of the molecule is O=C(NCCCCCCCNC(=O)c1ccc(OC(F)(F)F)cc1)c1ccc(OC(F)(F)F)cc1. The Kier molecular flexibility index (Phi) is 10.2. The minimum Gasteiger partial charge on any atom is -0.406 e. The number of rotatable bonds is 12. The zero-order valence-corrected chi connectivity index (χ0v) is 18.5. The molecule has 192 valence electrons. The number of benzene rings is 2. The van der Waals surface area contributed by atoms with Crippen LogP contribution in [-0.2, 0) is 0 Å². The molecule has 0 aliphatic carbocycles. The summed E-state index contributed by atoms with van der Waals surface area (Å²) in [5, 5.41) is 5.38. The van der Waals surface area contributed by atoms with Gasteiger partial charge in [-0.3, -0.25) is 9.59 Å². The molecule has 0 radical (unpaired) electrons. The van der Waals surface area contributed by atoms with Crippen LogP contribution in [0.1, 0.15) is 52.8 Å². The van der Waals surface area contributed by atoms with Crippen molar-refractivity contribution in [2.24, 2.45) is 0 Å². The van der Waals surface area contributed by atoms with Crippen LogP contribution >= 0.6 is 0 Å². The lowest BCUT2D eigenvalue weighted by Gasteiger charge is -2.10. The van der Waals surface area contributed by atoms with Crippen molar-refractivity contribution in [3.63, 3.8) is 0 Å². The third-order valence-corrected chi connectivity index (χ3v) is 4.62. The van der Waals surface area contributed by atoms with E-state index >= 15 is 0 Å². The number of halogens is 6. The molecule has 2 N–H and O–H groups in total. The van der Waals surface area contributed by atoms with Crippen LogP contribution in [0.5, 0.6) is 11.5 Å². The molecule has 12 heteroatoms. The van der Waals surface area contributed by atoms with E-state index in [2.05, 4.69) is 20.1 Å². The molecule has 0 saturated carbocycles. The molecule has 2 rings (SSSR count). The fourth-order valence-corrected chi connectivity index (χ4v) is 3.00. The number of alkyl halides is 6. The highest BCUT2D eigenvalue weighted by Gasteiger charge is 2.31. The van der Waals surface area contributed by atoms with Gasteiger partial charge in [0.2, 0.25) is 0 Å². The Bertz CT molecular complexity index is 867. The summed E-state index contributed by atoms with van der Waals surface area (Å²) in [5.41, 5.74) is 0.440. The van der Waals surface area contributed by atoms with Crippen LogP contribution in [0.3, 0.4) is 0 Å². The van der Waals surface area contributed by atoms with E-state index < -0.39 is 36.0 Å². The van der Waals surface area contributed by atoms with E-state index in [-0.39, 0.29) is 11.1 Å². The predicted molar refractivity (Wildman–Crippen MR) is 114 cm³/mol. The van der Waals surface area contributed by atoms with Crippen molar-refractivity contribution in [3.05, 3.63) is 59.7 Å². The zero-order valence-electron chi connectivity index (χ0n) is 18.5. The minimum atomic E-state index is -4.79. The van der Waals surface area contributed by atoms with E-state index in [9.17, 15) is 35.9 Å². The Labute approximate surface area is 197 Å². The highest BCUT2D eigenvalue weighted by atomic mass is 19.4. The fraction of sp³-hybridized carbons (Fsp3) is 0.391. The number of carbonyl (C=O) groups excluding carboxylic acids is 2. The van der Waals surface area contributed by atoms with Crippen molar-refractivity contribution >= 4 is 11.8 Å². The Morgan fingerprint density at radius 1 is 0.571 bits per heavy atom. The highest BCUT2D eigenvalue weighted by molar-refractivity contribution is 5.94. The van der Waals surface area contributed by atoms with Gasteiger partial charge in [0.15, 0.2) is 0 Å². The molecule has 0 bridgehead atoms. The van der Waals surface area contributed by atoms with E-state index in [0.717, 1.165) is 43.5 Å². The first kappa shape index (κ1) is 27.8. The molecule has 0 atom stereocenters. The van der Waals surface area contributed by atoms with Crippen molar-refractivity contribution in [3.8, 4) is 11.5 Å². The van der Waals surface area contributed by atoms with Gasteiger partial charge in [0, 0.05) is 24.2 Å². The van der Waals surface area contributed by atoms with Gasteiger partial charge in [-0.2, -0.15) is 0 Å². The molecule has 6 nitrogen and oxygen atoms in total. The Hall–Kier alpha value is -3.44. The van der Waals surface area contributed by atoms with Gasteiger partial charge in [0.25, 0.3) is 11.8 Å². The van der Waals surface area contributed by atoms with Gasteiger partial charge in [0.1, 0.15) is 11.5 Å². The lowest BCUT2D eigenvalue weighted by Crippen LogP contribution is -2.25. The summed E-state index contributed by atoms with van der Waals surface area (Å²) >= 11 is 0. The average molecular weight is 506 g/mol. The molecular formula is C23H24F6N2O4. The van der Waals surface area contributed by atoms with Gasteiger partial charge in [0.05, 0.1) is 0 Å². The molecule has 35 heavy (non-hydrogen) atoms. The number of unbranched alkanes of at least 4 members (excludes halogenated alkanes) is 4. The molecule has 0 aliphatic rings. The Balaban J connectivity index is 1.53. The molecule has 2 aromatic carbocycles. The third kappa shape index (κ3) is 11.5. The summed E-state index contributed by atoms with van der Waals surface area (Å²) in [5.74, 6) is -1.61. The molecule has 0 aromatic heterocycles. The second-order valence-corrected chi connectivity index (χ2v) is 7.42. The van der Waals surface area contributed by atoms with E-state index in [1.165, 1.54) is 24.3 Å². The number of nitrogens with one attached hydrogen (secondary N) is 2. The second-order valence-electron chi connectivity index (χ2n) is 7.42. The second kappa shape index (κ2) is 12.9. The molecule has 2 aromatic rings. The summed E-state index contributed by atoms with van der Waals surface area (Å²) < 4.78 is 80.4. The smallest absolute Gasteiger partial charge is 0.406 e. The van der Waals surface area contributed by atoms with Crippen LogP contribution < -0.4 is 20.1 Å². The molecule has 0 aliphatic heterocycles. The topological polar surface area (TPSA) is 76.7 Å². The van der Waals surface area contributed by atoms with Crippen molar-refractivity contribution in [2.75, 3.05) is 13.1 Å². The molecule has 2 amide bonds. The van der Waals surface area contributed by atoms with Crippen molar-refractivity contribution in [1.82, 2.24) is 10.6 Å². The first-order chi connectivity index (χ1) is 16.4. The maximum atomic E-state index is 12.1. The molecule has 0 unspecified atom stereocenters. The summed E-state index contributed by atoms with van der Waals surface area (Å²) in [6.07, 6.45) is -5.65. The van der Waals surface area contributed by atoms with Gasteiger partial charge in [-0.05, 0) is 61.4 Å². The first-order valence-electron chi connectivity index (χ1n) is 10.7. The van der Waals surface area contributed by atoms with Crippen molar-refractivity contribution < 1.29 is 45.4 Å². The van der Waals surface area contributed by atoms with E-state index in [1.54, 1.807) is 0 Å². The minimum absolute atomic E-state index is 0.220. The summed E-state index contributed by atoms with van der Waals surface area (Å²) in [4.78, 5) is 24.0. The van der Waals surface area contributed by atoms with Gasteiger partial charge >= 0.3 is 12.7 Å². The quantitative estimate of drug-likeness (QED) is 0.291. The number of hydrogen-bond donors (Lipinski definition) is 2. The Morgan fingerprint density at radius 3 is 1.20 bits per heavy atom. The molecule has 0 saturated heterocycles. The third-order valence-electron chi connectivity index (χ3n) is 4.62. The molecule has 0 heterocycles. The van der Waals surface area contributed by atoms with Crippen LogP contribution in [0.25, 0.3) is 0 Å². The lowest BCUT2D eigenvalue weighted by atomic mass is 10.1. The maximum absolute atomic E-state index is 12.1. The van der Waals surface area contributed by atoms with Crippen molar-refractivity contribution in [2.45, 2.75) is 44.8 Å². The lowest BCUT2D eigenvalue weighted by molar-refractivity contribution is -0.275. The van der Waals surface area contributed by atoms with Gasteiger partial charge in [-0.25, -0.2) is 0 Å². The largest absolute Gasteiger partial charge is 0.573 e. The normalized spacial score (nSPS) is 11.6. The Morgan fingerprint density at radius 2 is 0.886 bits per heavy atom. The number of carbonyl (C=O) groups is 2. The first-order valence-corrected chi connectivity index (χ1v) is 10.7. The number of hydrogen-bond acceptors (Lipinski definition) is 4. The maximum Gasteiger partial charge on any atom is 0.573 e. The zero-order chi connectivity index (χ0) is 25.9. The van der Waals surface area contributed by atoms with Crippen LogP contribution in [0.15, 0.2) is 48.5 Å². The van der Waals surface area contributed by atoms with E-state index in [1.807, 2.05) is 0 Å². The molecule has 0 fully saturated rings. The van der Waals surface area contributed by atoms with Gasteiger partial charge < -0.3 is 20.1 Å². The van der Waals surface area contributed by atoms with Crippen LogP contribution in [0, 0.1) is 0 Å². The van der Waals surface area contributed by atoms with E-state index in [4.69, 9.17) is 0 Å². The monoisotopic (exact) mass is 506 g/mol. The standard InChI is InChI=1S/C23H24F6N2O4/c24-22(25,26)34-18-10-6-16(7-11-18)20(32)30-14-4-2-1-3-5-15-31-21(33)17-8-12-19(13-9-17)35-23(27,28)29/h6-13H,1-5,14-15H2,(H,30,32)(H,31,33).